The summed E-state index contributed by atoms with van der Waals surface area (Å²) in [5.41, 5.74) is 3.58. The maximum atomic E-state index is 5.40. The van der Waals surface area contributed by atoms with Gasteiger partial charge in [-0.25, -0.2) is 4.98 Å². The summed E-state index contributed by atoms with van der Waals surface area (Å²) in [4.78, 5) is 4.61. The van der Waals surface area contributed by atoms with Crippen molar-refractivity contribution in [3.8, 4) is 22.8 Å². The van der Waals surface area contributed by atoms with E-state index in [9.17, 15) is 0 Å². The molecule has 0 amide bonds. The molecule has 0 aliphatic rings. The zero-order valence-corrected chi connectivity index (χ0v) is 16.0. The third-order valence-electron chi connectivity index (χ3n) is 4.26. The Bertz CT molecular complexity index is 902. The molecule has 2 heterocycles. The maximum absolute atomic E-state index is 5.40. The summed E-state index contributed by atoms with van der Waals surface area (Å²) in [6.07, 6.45) is 1.10. The number of rotatable bonds is 7. The lowest BCUT2D eigenvalue weighted by molar-refractivity contribution is 0.355. The van der Waals surface area contributed by atoms with E-state index in [0.29, 0.717) is 17.4 Å². The molecule has 0 bridgehead atoms. The van der Waals surface area contributed by atoms with E-state index in [0.717, 1.165) is 41.4 Å². The largest absolute Gasteiger partial charge is 0.493 e. The molecule has 2 aromatic heterocycles. The van der Waals surface area contributed by atoms with Crippen molar-refractivity contribution in [1.82, 2.24) is 14.6 Å². The third-order valence-corrected chi connectivity index (χ3v) is 4.26. The van der Waals surface area contributed by atoms with Gasteiger partial charge >= 0.3 is 0 Å². The fourth-order valence-electron chi connectivity index (χ4n) is 2.85. The van der Waals surface area contributed by atoms with Crippen LogP contribution in [0.25, 0.3) is 16.9 Å². The van der Waals surface area contributed by atoms with Gasteiger partial charge in [0.05, 0.1) is 19.9 Å². The van der Waals surface area contributed by atoms with Crippen LogP contribution in [0.15, 0.2) is 30.3 Å². The minimum atomic E-state index is 0.654. The lowest BCUT2D eigenvalue weighted by atomic mass is 10.1. The van der Waals surface area contributed by atoms with Crippen LogP contribution >= 0.6 is 0 Å². The molecule has 0 aliphatic carbocycles. The van der Waals surface area contributed by atoms with E-state index < -0.39 is 0 Å². The quantitative estimate of drug-likeness (QED) is 0.690. The molecule has 3 rings (SSSR count). The number of ether oxygens (including phenoxy) is 2. The Kier molecular flexibility index (Phi) is 5.30. The van der Waals surface area contributed by atoms with Gasteiger partial charge in [0.15, 0.2) is 17.1 Å². The molecule has 26 heavy (non-hydrogen) atoms. The third kappa shape index (κ3) is 3.74. The van der Waals surface area contributed by atoms with Crippen LogP contribution in [0.2, 0.25) is 0 Å². The second-order valence-corrected chi connectivity index (χ2v) is 6.76. The van der Waals surface area contributed by atoms with Gasteiger partial charge in [-0.15, -0.1) is 0 Å². The average molecular weight is 354 g/mol. The number of fused-ring (bicyclic) bond motifs is 1. The number of nitrogens with zero attached hydrogens (tertiary/aromatic N) is 3. The Morgan fingerprint density at radius 1 is 1.08 bits per heavy atom. The first kappa shape index (κ1) is 18.0. The summed E-state index contributed by atoms with van der Waals surface area (Å²) >= 11 is 0. The first-order valence-corrected chi connectivity index (χ1v) is 8.85. The van der Waals surface area contributed by atoms with Gasteiger partial charge in [0.2, 0.25) is 0 Å². The molecule has 1 N–H and O–H groups in total. The van der Waals surface area contributed by atoms with Gasteiger partial charge in [-0.3, -0.25) is 0 Å². The minimum Gasteiger partial charge on any atom is -0.493 e. The maximum Gasteiger partial charge on any atom is 0.161 e. The number of methoxy groups -OCH3 is 2. The van der Waals surface area contributed by atoms with Gasteiger partial charge < -0.3 is 14.8 Å². The number of anilines is 1. The summed E-state index contributed by atoms with van der Waals surface area (Å²) in [5, 5.41) is 8.23. The van der Waals surface area contributed by atoms with E-state index in [4.69, 9.17) is 14.6 Å². The fourth-order valence-corrected chi connectivity index (χ4v) is 2.85. The number of aromatic nitrogens is 3. The molecule has 0 radical (unpaired) electrons. The molecule has 6 nitrogen and oxygen atoms in total. The van der Waals surface area contributed by atoms with Crippen molar-refractivity contribution in [2.45, 2.75) is 27.2 Å². The summed E-state index contributed by atoms with van der Waals surface area (Å²) in [5.74, 6) is 2.99. The zero-order valence-electron chi connectivity index (χ0n) is 16.0. The molecule has 6 heteroatoms. The van der Waals surface area contributed by atoms with Crippen LogP contribution in [-0.2, 0) is 0 Å². The van der Waals surface area contributed by atoms with Crippen LogP contribution in [0, 0.1) is 12.8 Å². The molecule has 0 unspecified atom stereocenters. The molecule has 1 aromatic carbocycles. The van der Waals surface area contributed by atoms with Gasteiger partial charge in [-0.05, 0) is 37.5 Å². The van der Waals surface area contributed by atoms with Crippen molar-refractivity contribution in [2.24, 2.45) is 5.92 Å². The molecule has 0 atom stereocenters. The van der Waals surface area contributed by atoms with E-state index in [2.05, 4.69) is 24.1 Å². The molecule has 0 fully saturated rings. The second kappa shape index (κ2) is 7.64. The van der Waals surface area contributed by atoms with E-state index in [1.807, 2.05) is 41.8 Å². The van der Waals surface area contributed by atoms with Crippen LogP contribution in [-0.4, -0.2) is 35.4 Å². The van der Waals surface area contributed by atoms with Gasteiger partial charge in [0.1, 0.15) is 5.82 Å². The summed E-state index contributed by atoms with van der Waals surface area (Å²) in [7, 11) is 3.26. The van der Waals surface area contributed by atoms with Gasteiger partial charge in [0.25, 0.3) is 0 Å². The molecule has 3 aromatic rings. The predicted molar refractivity (Wildman–Crippen MR) is 104 cm³/mol. The molecular formula is C20H26N4O2. The predicted octanol–water partition coefficient (Wildman–Crippen LogP) is 4.18. The van der Waals surface area contributed by atoms with Gasteiger partial charge in [-0.1, -0.05) is 13.8 Å². The minimum absolute atomic E-state index is 0.654. The van der Waals surface area contributed by atoms with Crippen molar-refractivity contribution in [3.63, 3.8) is 0 Å². The van der Waals surface area contributed by atoms with Crippen LogP contribution in [0.3, 0.4) is 0 Å². The van der Waals surface area contributed by atoms with E-state index >= 15 is 0 Å². The van der Waals surface area contributed by atoms with Gasteiger partial charge in [-0.2, -0.15) is 9.61 Å². The van der Waals surface area contributed by atoms with Crippen molar-refractivity contribution in [1.29, 1.82) is 0 Å². The molecular weight excluding hydrogens is 328 g/mol. The fraction of sp³-hybridized carbons (Fsp3) is 0.400. The Balaban J connectivity index is 1.98. The van der Waals surface area contributed by atoms with E-state index in [1.165, 1.54) is 0 Å². The summed E-state index contributed by atoms with van der Waals surface area (Å²) in [6, 6.07) is 9.81. The Morgan fingerprint density at radius 3 is 2.54 bits per heavy atom. The summed E-state index contributed by atoms with van der Waals surface area (Å²) < 4.78 is 12.6. The van der Waals surface area contributed by atoms with Crippen LogP contribution in [0.4, 0.5) is 5.82 Å². The molecule has 0 aliphatic heterocycles. The highest BCUT2D eigenvalue weighted by Gasteiger charge is 2.12. The standard InChI is InChI=1S/C20H26N4O2/c1-13(2)8-9-21-19-10-14(3)22-20-12-16(23-24(19)20)15-6-7-17(25-4)18(11-15)26-5/h6-7,10-13,21H,8-9H2,1-5H3. The number of nitrogens with one attached hydrogen (secondary N) is 1. The second-order valence-electron chi connectivity index (χ2n) is 6.76. The van der Waals surface area contributed by atoms with Crippen LogP contribution in [0.5, 0.6) is 11.5 Å². The Hall–Kier alpha value is -2.76. The Labute approximate surface area is 154 Å². The normalized spacial score (nSPS) is 11.2. The average Bonchev–Trinajstić information content (AvgIpc) is 3.04. The number of aryl methyl sites for hydroxylation is 1. The van der Waals surface area contributed by atoms with Crippen molar-refractivity contribution < 1.29 is 9.47 Å². The van der Waals surface area contributed by atoms with Crippen molar-refractivity contribution >= 4 is 11.5 Å². The highest BCUT2D eigenvalue weighted by molar-refractivity contribution is 5.68. The molecule has 0 saturated carbocycles. The van der Waals surface area contributed by atoms with Crippen molar-refractivity contribution in [3.05, 3.63) is 36.0 Å². The zero-order chi connectivity index (χ0) is 18.7. The van der Waals surface area contributed by atoms with Crippen LogP contribution in [0.1, 0.15) is 26.0 Å². The highest BCUT2D eigenvalue weighted by atomic mass is 16.5. The topological polar surface area (TPSA) is 60.7 Å². The highest BCUT2D eigenvalue weighted by Crippen LogP contribution is 2.32. The Morgan fingerprint density at radius 2 is 1.85 bits per heavy atom. The van der Waals surface area contributed by atoms with Gasteiger partial charge in [0, 0.05) is 29.9 Å². The van der Waals surface area contributed by atoms with E-state index in [-0.39, 0.29) is 0 Å². The number of benzene rings is 1. The molecule has 0 saturated heterocycles. The van der Waals surface area contributed by atoms with Crippen molar-refractivity contribution in [2.75, 3.05) is 26.1 Å². The lowest BCUT2D eigenvalue weighted by Crippen LogP contribution is -2.09. The first-order valence-electron chi connectivity index (χ1n) is 8.85. The van der Waals surface area contributed by atoms with E-state index in [1.54, 1.807) is 14.2 Å². The number of hydrogen-bond donors (Lipinski definition) is 1. The smallest absolute Gasteiger partial charge is 0.161 e. The summed E-state index contributed by atoms with van der Waals surface area (Å²) in [6.45, 7) is 7.34. The number of hydrogen-bond acceptors (Lipinski definition) is 5. The molecule has 0 spiro atoms. The first-order chi connectivity index (χ1) is 12.5. The van der Waals surface area contributed by atoms with Crippen LogP contribution < -0.4 is 14.8 Å². The molecule has 138 valence electrons. The lowest BCUT2D eigenvalue weighted by Gasteiger charge is -2.10. The monoisotopic (exact) mass is 354 g/mol. The SMILES string of the molecule is COc1ccc(-c2cc3nc(C)cc(NCCC(C)C)n3n2)cc1OC.